The van der Waals surface area contributed by atoms with Crippen molar-refractivity contribution in [3.63, 3.8) is 0 Å². The molecule has 78 valence electrons. The molecule has 0 bridgehead atoms. The molecule has 0 spiro atoms. The number of hydrogen-bond donors (Lipinski definition) is 1. The predicted molar refractivity (Wildman–Crippen MR) is 50.5 cm³/mol. The van der Waals surface area contributed by atoms with E-state index < -0.39 is 12.8 Å². The van der Waals surface area contributed by atoms with Crippen molar-refractivity contribution >= 4 is 0 Å². The quantitative estimate of drug-likeness (QED) is 0.804. The highest BCUT2D eigenvalue weighted by molar-refractivity contribution is 5.47. The third-order valence-corrected chi connectivity index (χ3v) is 1.93. The van der Waals surface area contributed by atoms with Gasteiger partial charge in [0.25, 0.3) is 0 Å². The molecule has 0 aromatic heterocycles. The first-order valence-corrected chi connectivity index (χ1v) is 4.20. The normalized spacial score (nSPS) is 12.3. The fourth-order valence-corrected chi connectivity index (χ4v) is 1.26. The minimum atomic E-state index is -1.44. The van der Waals surface area contributed by atoms with Crippen molar-refractivity contribution in [2.75, 3.05) is 20.8 Å². The second-order valence-electron chi connectivity index (χ2n) is 2.73. The second-order valence-corrected chi connectivity index (χ2v) is 2.73. The van der Waals surface area contributed by atoms with E-state index in [1.54, 1.807) is 18.2 Å². The molecule has 1 aromatic carbocycles. The van der Waals surface area contributed by atoms with Gasteiger partial charge in [0, 0.05) is 5.56 Å². The van der Waals surface area contributed by atoms with E-state index in [9.17, 15) is 4.39 Å². The minimum absolute atomic E-state index is 0.300. The highest BCUT2D eigenvalue weighted by Gasteiger charge is 2.17. The van der Waals surface area contributed by atoms with Crippen molar-refractivity contribution in [2.45, 2.75) is 6.17 Å². The van der Waals surface area contributed by atoms with E-state index in [0.29, 0.717) is 17.1 Å². The number of rotatable bonds is 4. The Balaban J connectivity index is 3.14. The van der Waals surface area contributed by atoms with Gasteiger partial charge in [-0.2, -0.15) is 0 Å². The van der Waals surface area contributed by atoms with Crippen LogP contribution in [0, 0.1) is 0 Å². The van der Waals surface area contributed by atoms with Gasteiger partial charge in [0.15, 0.2) is 17.7 Å². The highest BCUT2D eigenvalue weighted by Crippen LogP contribution is 2.35. The number of methoxy groups -OCH3 is 2. The lowest BCUT2D eigenvalue weighted by Crippen LogP contribution is -2.02. The van der Waals surface area contributed by atoms with Gasteiger partial charge in [-0.15, -0.1) is 0 Å². The Hall–Kier alpha value is -1.29. The van der Waals surface area contributed by atoms with Gasteiger partial charge >= 0.3 is 0 Å². The van der Waals surface area contributed by atoms with E-state index in [0.717, 1.165) is 0 Å². The van der Waals surface area contributed by atoms with E-state index in [2.05, 4.69) is 0 Å². The standard InChI is InChI=1S/C10H13FO3/c1-13-9-5-3-4-7(8(11)6-12)10(9)14-2/h3-5,8,12H,6H2,1-2H3. The fourth-order valence-electron chi connectivity index (χ4n) is 1.26. The van der Waals surface area contributed by atoms with Crippen molar-refractivity contribution in [2.24, 2.45) is 0 Å². The lowest BCUT2D eigenvalue weighted by Gasteiger charge is -2.13. The third-order valence-electron chi connectivity index (χ3n) is 1.93. The largest absolute Gasteiger partial charge is 0.493 e. The molecule has 1 rings (SSSR count). The number of ether oxygens (including phenoxy) is 2. The number of para-hydroxylation sites is 1. The number of halogens is 1. The molecule has 1 unspecified atom stereocenters. The summed E-state index contributed by atoms with van der Waals surface area (Å²) in [6.45, 7) is -0.566. The number of alkyl halides is 1. The van der Waals surface area contributed by atoms with Crippen LogP contribution in [0.5, 0.6) is 11.5 Å². The van der Waals surface area contributed by atoms with Crippen LogP contribution in [0.4, 0.5) is 4.39 Å². The highest BCUT2D eigenvalue weighted by atomic mass is 19.1. The third kappa shape index (κ3) is 1.96. The SMILES string of the molecule is COc1cccc(C(F)CO)c1OC. The molecule has 1 aromatic rings. The van der Waals surface area contributed by atoms with Gasteiger partial charge < -0.3 is 14.6 Å². The molecule has 3 nitrogen and oxygen atoms in total. The molecule has 0 amide bonds. The Morgan fingerprint density at radius 1 is 1.36 bits per heavy atom. The van der Waals surface area contributed by atoms with Crippen LogP contribution in [0.15, 0.2) is 18.2 Å². The maximum absolute atomic E-state index is 13.2. The smallest absolute Gasteiger partial charge is 0.166 e. The van der Waals surface area contributed by atoms with E-state index in [1.807, 2.05) is 0 Å². The Bertz CT molecular complexity index is 301. The predicted octanol–water partition coefficient (Wildman–Crippen LogP) is 1.71. The fraction of sp³-hybridized carbons (Fsp3) is 0.400. The molecule has 1 atom stereocenters. The first-order chi connectivity index (χ1) is 6.74. The monoisotopic (exact) mass is 200 g/mol. The minimum Gasteiger partial charge on any atom is -0.493 e. The summed E-state index contributed by atoms with van der Waals surface area (Å²) in [5.41, 5.74) is 0.300. The summed E-state index contributed by atoms with van der Waals surface area (Å²) in [5, 5.41) is 8.70. The Kier molecular flexibility index (Phi) is 3.71. The number of aliphatic hydroxyl groups is 1. The number of benzene rings is 1. The number of hydrogen-bond acceptors (Lipinski definition) is 3. The van der Waals surface area contributed by atoms with Crippen LogP contribution in [0.3, 0.4) is 0 Å². The molecule has 0 saturated carbocycles. The zero-order chi connectivity index (χ0) is 10.6. The molecule has 0 aliphatic rings. The van der Waals surface area contributed by atoms with Gasteiger partial charge in [-0.25, -0.2) is 4.39 Å². The Morgan fingerprint density at radius 2 is 2.07 bits per heavy atom. The van der Waals surface area contributed by atoms with Crippen LogP contribution in [-0.2, 0) is 0 Å². The van der Waals surface area contributed by atoms with Crippen molar-refractivity contribution in [1.82, 2.24) is 0 Å². The summed E-state index contributed by atoms with van der Waals surface area (Å²) in [7, 11) is 2.92. The van der Waals surface area contributed by atoms with Crippen LogP contribution in [0.1, 0.15) is 11.7 Å². The summed E-state index contributed by atoms with van der Waals surface area (Å²) in [6.07, 6.45) is -1.44. The van der Waals surface area contributed by atoms with Crippen LogP contribution in [-0.4, -0.2) is 25.9 Å². The van der Waals surface area contributed by atoms with Crippen molar-refractivity contribution in [3.05, 3.63) is 23.8 Å². The Morgan fingerprint density at radius 3 is 2.57 bits per heavy atom. The van der Waals surface area contributed by atoms with Gasteiger partial charge in [0.1, 0.15) is 0 Å². The van der Waals surface area contributed by atoms with Crippen LogP contribution >= 0.6 is 0 Å². The van der Waals surface area contributed by atoms with Crippen LogP contribution in [0.25, 0.3) is 0 Å². The molecule has 0 saturated heterocycles. The number of aliphatic hydroxyl groups excluding tert-OH is 1. The molecular formula is C10H13FO3. The van der Waals surface area contributed by atoms with Gasteiger partial charge in [-0.05, 0) is 6.07 Å². The maximum Gasteiger partial charge on any atom is 0.166 e. The zero-order valence-electron chi connectivity index (χ0n) is 8.16. The molecule has 0 aliphatic heterocycles. The molecule has 0 fully saturated rings. The van der Waals surface area contributed by atoms with Crippen molar-refractivity contribution in [1.29, 1.82) is 0 Å². The molecule has 0 aliphatic carbocycles. The van der Waals surface area contributed by atoms with Crippen LogP contribution in [0.2, 0.25) is 0 Å². The zero-order valence-corrected chi connectivity index (χ0v) is 8.16. The molecule has 0 radical (unpaired) electrons. The first kappa shape index (κ1) is 10.8. The van der Waals surface area contributed by atoms with Crippen molar-refractivity contribution in [3.8, 4) is 11.5 Å². The average Bonchev–Trinajstić information content (AvgIpc) is 2.26. The van der Waals surface area contributed by atoms with E-state index >= 15 is 0 Å². The molecule has 14 heavy (non-hydrogen) atoms. The van der Waals surface area contributed by atoms with Crippen LogP contribution < -0.4 is 9.47 Å². The average molecular weight is 200 g/mol. The van der Waals surface area contributed by atoms with Crippen molar-refractivity contribution < 1.29 is 19.0 Å². The summed E-state index contributed by atoms with van der Waals surface area (Å²) in [6, 6.07) is 4.88. The lowest BCUT2D eigenvalue weighted by molar-refractivity contribution is 0.176. The van der Waals surface area contributed by atoms with Gasteiger partial charge in [-0.1, -0.05) is 12.1 Å². The van der Waals surface area contributed by atoms with Gasteiger partial charge in [-0.3, -0.25) is 0 Å². The topological polar surface area (TPSA) is 38.7 Å². The summed E-state index contributed by atoms with van der Waals surface area (Å²) < 4.78 is 23.3. The molecule has 1 N–H and O–H groups in total. The molecule has 0 heterocycles. The van der Waals surface area contributed by atoms with E-state index in [4.69, 9.17) is 14.6 Å². The van der Waals surface area contributed by atoms with E-state index in [-0.39, 0.29) is 0 Å². The summed E-state index contributed by atoms with van der Waals surface area (Å²) in [5.74, 6) is 0.789. The second kappa shape index (κ2) is 4.81. The Labute approximate surface area is 82.1 Å². The van der Waals surface area contributed by atoms with Gasteiger partial charge in [0.05, 0.1) is 20.8 Å². The molecule has 4 heteroatoms. The molecular weight excluding hydrogens is 187 g/mol. The van der Waals surface area contributed by atoms with E-state index in [1.165, 1.54) is 14.2 Å². The first-order valence-electron chi connectivity index (χ1n) is 4.20. The summed E-state index contributed by atoms with van der Waals surface area (Å²) >= 11 is 0. The lowest BCUT2D eigenvalue weighted by atomic mass is 10.1. The maximum atomic E-state index is 13.2. The van der Waals surface area contributed by atoms with Gasteiger partial charge in [0.2, 0.25) is 0 Å². The summed E-state index contributed by atoms with van der Waals surface area (Å²) in [4.78, 5) is 0.